The summed E-state index contributed by atoms with van der Waals surface area (Å²) in [5.41, 5.74) is 0. The van der Waals surface area contributed by atoms with Gasteiger partial charge in [-0.05, 0) is 142 Å². The zero-order valence-electron chi connectivity index (χ0n) is 42.9. The predicted molar refractivity (Wildman–Crippen MR) is 390 cm³/mol. The van der Waals surface area contributed by atoms with Crippen LogP contribution < -0.4 is 0 Å². The van der Waals surface area contributed by atoms with Crippen molar-refractivity contribution in [2.75, 3.05) is 152 Å². The monoisotopic (exact) mass is 1420 g/mol. The highest BCUT2D eigenvalue weighted by Crippen LogP contribution is 2.28. The lowest BCUT2D eigenvalue weighted by atomic mass is 11.0. The van der Waals surface area contributed by atoms with Gasteiger partial charge in [0.1, 0.15) is 25.9 Å². The molecule has 0 aliphatic carbocycles. The number of thioether (sulfide) groups is 4. The van der Waals surface area contributed by atoms with Gasteiger partial charge in [0.25, 0.3) is 0 Å². The highest BCUT2D eigenvalue weighted by molar-refractivity contribution is 8.90. The van der Waals surface area contributed by atoms with E-state index >= 15 is 0 Å². The molecule has 0 aromatic heterocycles. The second-order valence-electron chi connectivity index (χ2n) is 11.2. The van der Waals surface area contributed by atoms with Crippen LogP contribution in [0.25, 0.3) is 0 Å². The van der Waals surface area contributed by atoms with E-state index < -0.39 is 0 Å². The summed E-state index contributed by atoms with van der Waals surface area (Å²) < 4.78 is 36.2. The Morgan fingerprint density at radius 2 is 0.371 bits per heavy atom. The Labute approximate surface area is 534 Å². The maximum absolute atomic E-state index is 5.07. The lowest BCUT2D eigenvalue weighted by Gasteiger charge is -2.15. The van der Waals surface area contributed by atoms with Crippen LogP contribution in [0.5, 0.6) is 0 Å². The van der Waals surface area contributed by atoms with Crippen molar-refractivity contribution >= 4 is 332 Å². The number of hydrogen-bond acceptors (Lipinski definition) is 30. The Bertz CT molecular complexity index is 1320. The maximum Gasteiger partial charge on any atom is 0.231 e. The van der Waals surface area contributed by atoms with E-state index in [0.29, 0.717) is 26.3 Å². The maximum atomic E-state index is 5.07. The fourth-order valence-corrected chi connectivity index (χ4v) is 10.5. The zero-order chi connectivity index (χ0) is 57.1. The minimum absolute atomic E-state index is 0.449. The molecule has 0 aromatic rings. The van der Waals surface area contributed by atoms with Crippen LogP contribution in [0.2, 0.25) is 0 Å². The molecule has 412 valence electrons. The molecular formula is C34H66N6O6S24. The molecule has 12 nitrogen and oxygen atoms in total. The van der Waals surface area contributed by atoms with E-state index in [1.165, 1.54) is 138 Å². The molecule has 0 saturated heterocycles. The van der Waals surface area contributed by atoms with Crippen LogP contribution in [-0.2, 0) is 28.4 Å². The average Bonchev–Trinajstić information content (AvgIpc) is 3.34. The standard InChI is InChI=1S/2C6H12N2S4.2C4H9NS2.2C4H6O2S4.2C3H6OS2/c2*1-7(2)5(9)11-12-6(10)8(3)4;2*1-5(2)4(6)7-3;2*1-5-3(7)9-10-4(8)6-2;2*1-4-3(5)6-2/h2*1-4H3;2*1-3H3;2*1-2H3;2*1-2H3. The van der Waals surface area contributed by atoms with Crippen molar-refractivity contribution in [3.63, 3.8) is 0 Å². The molecular weight excluding hydrogens is 1360 g/mol. The van der Waals surface area contributed by atoms with Crippen molar-refractivity contribution in [2.45, 2.75) is 0 Å². The summed E-state index contributed by atoms with van der Waals surface area (Å²) in [6.45, 7) is 0. The quantitative estimate of drug-likeness (QED) is 0.170. The Hall–Kier alpha value is 2.88. The molecule has 0 N–H and O–H groups in total. The van der Waals surface area contributed by atoms with E-state index in [2.05, 4.69) is 33.9 Å². The summed E-state index contributed by atoms with van der Waals surface area (Å²) in [4.78, 5) is 11.4. The summed E-state index contributed by atoms with van der Waals surface area (Å²) in [6.07, 6.45) is 7.71. The summed E-state index contributed by atoms with van der Waals surface area (Å²) in [6, 6.07) is 0. The van der Waals surface area contributed by atoms with E-state index in [0.717, 1.165) is 25.9 Å². The molecule has 0 fully saturated rings. The summed E-state index contributed by atoms with van der Waals surface area (Å²) in [5, 5.41) is 0. The SMILES string of the molecule is CN(C)C(=S)SSC(=S)N(C)C.CN(C)C(=S)SSC(=S)N(C)C.COC(=S)SC.COC(=S)SC.COC(=S)SSC(=S)OC.COC(=S)SSC(=S)OC.CSC(=S)N(C)C.CSC(=S)N(C)C. The Balaban J connectivity index is -0.000000106. The van der Waals surface area contributed by atoms with Crippen LogP contribution in [0.3, 0.4) is 0 Å². The molecule has 0 atom stereocenters. The number of thiocarbonyl (C=S) groups is 12. The highest BCUT2D eigenvalue weighted by atomic mass is 33.1. The first-order chi connectivity index (χ1) is 32.3. The lowest BCUT2D eigenvalue weighted by molar-refractivity contribution is 0.426. The fourth-order valence-electron chi connectivity index (χ4n) is 1.24. The van der Waals surface area contributed by atoms with Gasteiger partial charge in [-0.2, -0.15) is 0 Å². The molecule has 0 rings (SSSR count). The Kier molecular flexibility index (Phi) is 82.3. The second-order valence-corrected chi connectivity index (χ2v) is 30.3. The molecule has 0 unspecified atom stereocenters. The van der Waals surface area contributed by atoms with Gasteiger partial charge in [-0.15, -0.1) is 23.5 Å². The van der Waals surface area contributed by atoms with E-state index in [1.807, 2.05) is 139 Å². The van der Waals surface area contributed by atoms with Crippen LogP contribution in [0.1, 0.15) is 0 Å². The van der Waals surface area contributed by atoms with Crippen molar-refractivity contribution in [3.8, 4) is 0 Å². The van der Waals surface area contributed by atoms with Crippen LogP contribution in [0, 0.1) is 0 Å². The molecule has 0 amide bonds. The van der Waals surface area contributed by atoms with E-state index in [9.17, 15) is 0 Å². The zero-order valence-corrected chi connectivity index (χ0v) is 62.5. The topological polar surface area (TPSA) is 74.8 Å². The average molecular weight is 1420 g/mol. The Morgan fingerprint density at radius 1 is 0.229 bits per heavy atom. The third-order valence-electron chi connectivity index (χ3n) is 4.60. The normalized spacial score (nSPS) is 8.66. The van der Waals surface area contributed by atoms with E-state index in [-0.39, 0.29) is 0 Å². The molecule has 0 heterocycles. The minimum atomic E-state index is 0.449. The van der Waals surface area contributed by atoms with Crippen molar-refractivity contribution in [1.82, 2.24) is 29.4 Å². The van der Waals surface area contributed by atoms with Crippen molar-refractivity contribution < 1.29 is 28.4 Å². The largest absolute Gasteiger partial charge is 0.482 e. The highest BCUT2D eigenvalue weighted by Gasteiger charge is 2.06. The first kappa shape index (κ1) is 89.5. The van der Waals surface area contributed by atoms with Gasteiger partial charge in [-0.3, -0.25) is 0 Å². The van der Waals surface area contributed by atoms with Crippen molar-refractivity contribution in [2.24, 2.45) is 0 Å². The van der Waals surface area contributed by atoms with Gasteiger partial charge < -0.3 is 57.8 Å². The van der Waals surface area contributed by atoms with Gasteiger partial charge in [-0.25, -0.2) is 0 Å². The predicted octanol–water partition coefficient (Wildman–Crippen LogP) is 13.5. The smallest absolute Gasteiger partial charge is 0.231 e. The van der Waals surface area contributed by atoms with Gasteiger partial charge in [0.15, 0.2) is 0 Å². The number of methoxy groups -OCH3 is 6. The van der Waals surface area contributed by atoms with Crippen molar-refractivity contribution in [3.05, 3.63) is 0 Å². The molecule has 0 aliphatic heterocycles. The molecule has 0 saturated carbocycles. The van der Waals surface area contributed by atoms with Crippen molar-refractivity contribution in [1.29, 1.82) is 0 Å². The van der Waals surface area contributed by atoms with Gasteiger partial charge in [0.2, 0.25) is 26.3 Å². The second kappa shape index (κ2) is 64.4. The number of rotatable bonds is 0. The van der Waals surface area contributed by atoms with Crippen LogP contribution in [0.15, 0.2) is 0 Å². The number of hydrogen-bond donors (Lipinski definition) is 0. The minimum Gasteiger partial charge on any atom is -0.482 e. The number of nitrogens with zero attached hydrogens (tertiary/aromatic N) is 6. The first-order valence-corrected chi connectivity index (χ1v) is 36.0. The van der Waals surface area contributed by atoms with Crippen LogP contribution in [0.4, 0.5) is 0 Å². The fraction of sp³-hybridized carbons (Fsp3) is 0.647. The molecule has 0 spiro atoms. The van der Waals surface area contributed by atoms with Gasteiger partial charge >= 0.3 is 0 Å². The molecule has 0 bridgehead atoms. The van der Waals surface area contributed by atoms with Crippen LogP contribution in [-0.4, -0.2) is 234 Å². The molecule has 36 heteroatoms. The van der Waals surface area contributed by atoms with Crippen LogP contribution >= 0.6 is 280 Å². The summed E-state index contributed by atoms with van der Waals surface area (Å²) >= 11 is 64.2. The number of ether oxygens (including phenoxy) is 6. The molecule has 0 aromatic carbocycles. The summed E-state index contributed by atoms with van der Waals surface area (Å²) in [7, 11) is 43.5. The van der Waals surface area contributed by atoms with Gasteiger partial charge in [-0.1, -0.05) is 96.8 Å². The third-order valence-corrected chi connectivity index (χ3v) is 25.0. The first-order valence-electron chi connectivity index (χ1n) is 17.6. The van der Waals surface area contributed by atoms with E-state index in [4.69, 9.17) is 141 Å². The third kappa shape index (κ3) is 77.4. The summed E-state index contributed by atoms with van der Waals surface area (Å²) in [5.74, 6) is 0. The Morgan fingerprint density at radius 3 is 0.429 bits per heavy atom. The lowest BCUT2D eigenvalue weighted by Crippen LogP contribution is -2.18. The van der Waals surface area contributed by atoms with E-state index in [1.54, 1.807) is 37.7 Å². The molecule has 0 radical (unpaired) electrons. The molecule has 70 heavy (non-hydrogen) atoms. The molecule has 0 aliphatic rings. The van der Waals surface area contributed by atoms with Gasteiger partial charge in [0, 0.05) is 128 Å². The van der Waals surface area contributed by atoms with Gasteiger partial charge in [0.05, 0.1) is 42.7 Å².